The third kappa shape index (κ3) is 7.90. The Balaban J connectivity index is 1.19. The number of piperazine rings is 1. The van der Waals surface area contributed by atoms with Crippen LogP contribution in [0.5, 0.6) is 0 Å². The second-order valence-corrected chi connectivity index (χ2v) is 13.1. The summed E-state index contributed by atoms with van der Waals surface area (Å²) in [5, 5.41) is 10.6. The van der Waals surface area contributed by atoms with Gasteiger partial charge in [0.2, 0.25) is 5.91 Å². The second kappa shape index (κ2) is 12.8. The number of carbonyl (C=O) groups is 2. The van der Waals surface area contributed by atoms with E-state index in [2.05, 4.69) is 32.4 Å². The standard InChI is InChI=1S/C30H47N9O3/c1-21-17-26(35-34-21)32-25-19-27(37-15-13-36(5)14-16-37)33-24(31-25)18-22-8-11-38(12-9-22)28(40)23-7-6-10-39(20-23)29(41)42-30(2,3)4/h17,19,22-23H,6-16,18,20H2,1-5H3,(H2,31,32,33,34,35). The van der Waals surface area contributed by atoms with E-state index < -0.39 is 5.60 Å². The molecule has 0 aliphatic carbocycles. The lowest BCUT2D eigenvalue weighted by Crippen LogP contribution is -2.49. The molecule has 2 N–H and O–H groups in total. The number of nitrogens with one attached hydrogen (secondary N) is 2. The van der Waals surface area contributed by atoms with Crippen molar-refractivity contribution in [1.29, 1.82) is 0 Å². The maximum Gasteiger partial charge on any atom is 0.410 e. The molecule has 230 valence electrons. The van der Waals surface area contributed by atoms with Crippen LogP contribution in [-0.4, -0.2) is 112 Å². The molecular formula is C30H47N9O3. The summed E-state index contributed by atoms with van der Waals surface area (Å²) >= 11 is 0. The van der Waals surface area contributed by atoms with Crippen molar-refractivity contribution < 1.29 is 14.3 Å². The zero-order valence-electron chi connectivity index (χ0n) is 25.9. The van der Waals surface area contributed by atoms with Crippen molar-refractivity contribution in [1.82, 2.24) is 34.9 Å². The monoisotopic (exact) mass is 581 g/mol. The number of hydrogen-bond acceptors (Lipinski definition) is 9. The molecule has 5 rings (SSSR count). The molecule has 0 bridgehead atoms. The Morgan fingerprint density at radius 2 is 1.71 bits per heavy atom. The van der Waals surface area contributed by atoms with Crippen LogP contribution in [0.3, 0.4) is 0 Å². The molecule has 1 unspecified atom stereocenters. The molecule has 3 saturated heterocycles. The topological polar surface area (TPSA) is 123 Å². The Labute approximate surface area is 249 Å². The summed E-state index contributed by atoms with van der Waals surface area (Å²) < 4.78 is 5.55. The van der Waals surface area contributed by atoms with Crippen molar-refractivity contribution >= 4 is 29.5 Å². The van der Waals surface area contributed by atoms with E-state index in [-0.39, 0.29) is 17.9 Å². The summed E-state index contributed by atoms with van der Waals surface area (Å²) in [4.78, 5) is 44.3. The smallest absolute Gasteiger partial charge is 0.410 e. The van der Waals surface area contributed by atoms with Gasteiger partial charge in [-0.15, -0.1) is 0 Å². The molecule has 12 nitrogen and oxygen atoms in total. The predicted octanol–water partition coefficient (Wildman–Crippen LogP) is 3.43. The van der Waals surface area contributed by atoms with Crippen molar-refractivity contribution in [2.24, 2.45) is 11.8 Å². The number of rotatable bonds is 6. The number of aryl methyl sites for hydroxylation is 1. The Morgan fingerprint density at radius 3 is 2.38 bits per heavy atom. The fraction of sp³-hybridized carbons (Fsp3) is 0.700. The number of likely N-dealkylation sites (tertiary alicyclic amines) is 2. The van der Waals surface area contributed by atoms with Crippen LogP contribution in [0.2, 0.25) is 0 Å². The van der Waals surface area contributed by atoms with Crippen LogP contribution in [-0.2, 0) is 16.0 Å². The van der Waals surface area contributed by atoms with Crippen LogP contribution in [0.25, 0.3) is 0 Å². The van der Waals surface area contributed by atoms with Gasteiger partial charge in [-0.2, -0.15) is 5.10 Å². The highest BCUT2D eigenvalue weighted by Crippen LogP contribution is 2.27. The largest absolute Gasteiger partial charge is 0.444 e. The van der Waals surface area contributed by atoms with Gasteiger partial charge in [0, 0.05) is 76.6 Å². The molecule has 0 aromatic carbocycles. The van der Waals surface area contributed by atoms with Gasteiger partial charge in [0.1, 0.15) is 23.1 Å². The number of carbonyl (C=O) groups excluding carboxylic acids is 2. The van der Waals surface area contributed by atoms with Crippen LogP contribution in [0.4, 0.5) is 22.2 Å². The number of aromatic amines is 1. The molecule has 12 heteroatoms. The molecule has 5 heterocycles. The lowest BCUT2D eigenvalue weighted by molar-refractivity contribution is -0.138. The maximum atomic E-state index is 13.4. The van der Waals surface area contributed by atoms with E-state index in [1.165, 1.54) is 0 Å². The third-order valence-corrected chi connectivity index (χ3v) is 8.37. The van der Waals surface area contributed by atoms with Crippen LogP contribution in [0.15, 0.2) is 12.1 Å². The average Bonchev–Trinajstić information content (AvgIpc) is 3.36. The number of likely N-dealkylation sites (N-methyl/N-ethyl adjacent to an activating group) is 1. The number of nitrogens with zero attached hydrogens (tertiary/aromatic N) is 7. The molecule has 3 aliphatic rings. The van der Waals surface area contributed by atoms with Gasteiger partial charge in [-0.3, -0.25) is 9.89 Å². The highest BCUT2D eigenvalue weighted by molar-refractivity contribution is 5.80. The third-order valence-electron chi connectivity index (χ3n) is 8.37. The molecule has 42 heavy (non-hydrogen) atoms. The first-order valence-electron chi connectivity index (χ1n) is 15.4. The summed E-state index contributed by atoms with van der Waals surface area (Å²) in [6, 6.07) is 3.98. The number of amides is 2. The molecule has 2 aromatic heterocycles. The molecule has 0 spiro atoms. The highest BCUT2D eigenvalue weighted by Gasteiger charge is 2.34. The Hall–Kier alpha value is -3.41. The zero-order chi connectivity index (χ0) is 29.9. The van der Waals surface area contributed by atoms with Crippen LogP contribution < -0.4 is 10.2 Å². The molecule has 2 aromatic rings. The van der Waals surface area contributed by atoms with Crippen LogP contribution >= 0.6 is 0 Å². The number of anilines is 3. The Kier molecular flexibility index (Phi) is 9.19. The van der Waals surface area contributed by atoms with E-state index >= 15 is 0 Å². The number of ether oxygens (including phenoxy) is 1. The summed E-state index contributed by atoms with van der Waals surface area (Å²) in [6.07, 6.45) is 3.91. The Morgan fingerprint density at radius 1 is 0.976 bits per heavy atom. The van der Waals surface area contributed by atoms with Gasteiger partial charge in [0.15, 0.2) is 5.82 Å². The minimum absolute atomic E-state index is 0.161. The quantitative estimate of drug-likeness (QED) is 0.528. The molecule has 1 atom stereocenters. The average molecular weight is 582 g/mol. The number of piperidine rings is 2. The van der Waals surface area contributed by atoms with Gasteiger partial charge in [-0.1, -0.05) is 0 Å². The van der Waals surface area contributed by atoms with E-state index in [1.54, 1.807) is 4.90 Å². The summed E-state index contributed by atoms with van der Waals surface area (Å²) in [5.74, 6) is 3.66. The van der Waals surface area contributed by atoms with E-state index in [4.69, 9.17) is 14.7 Å². The fourth-order valence-corrected chi connectivity index (χ4v) is 5.99. The van der Waals surface area contributed by atoms with Crippen molar-refractivity contribution in [3.63, 3.8) is 0 Å². The minimum atomic E-state index is -0.543. The summed E-state index contributed by atoms with van der Waals surface area (Å²) in [5.41, 5.74) is 0.441. The lowest BCUT2D eigenvalue weighted by Gasteiger charge is -2.38. The van der Waals surface area contributed by atoms with E-state index in [0.29, 0.717) is 19.0 Å². The molecule has 0 radical (unpaired) electrons. The van der Waals surface area contributed by atoms with E-state index in [9.17, 15) is 9.59 Å². The van der Waals surface area contributed by atoms with Gasteiger partial charge in [0.25, 0.3) is 0 Å². The predicted molar refractivity (Wildman–Crippen MR) is 162 cm³/mol. The lowest BCUT2D eigenvalue weighted by atomic mass is 9.91. The van der Waals surface area contributed by atoms with E-state index in [1.807, 2.05) is 44.7 Å². The number of hydrogen-bond donors (Lipinski definition) is 2. The van der Waals surface area contributed by atoms with Crippen LogP contribution in [0, 0.1) is 18.8 Å². The minimum Gasteiger partial charge on any atom is -0.444 e. The molecule has 2 amide bonds. The first-order chi connectivity index (χ1) is 20.0. The molecule has 3 aliphatic heterocycles. The van der Waals surface area contributed by atoms with Crippen molar-refractivity contribution in [3.05, 3.63) is 23.7 Å². The molecule has 3 fully saturated rings. The van der Waals surface area contributed by atoms with Crippen molar-refractivity contribution in [2.45, 2.75) is 65.4 Å². The summed E-state index contributed by atoms with van der Waals surface area (Å²) in [6.45, 7) is 14.0. The van der Waals surface area contributed by atoms with Crippen molar-refractivity contribution in [2.75, 3.05) is 69.6 Å². The first kappa shape index (κ1) is 30.1. The van der Waals surface area contributed by atoms with Crippen molar-refractivity contribution in [3.8, 4) is 0 Å². The fourth-order valence-electron chi connectivity index (χ4n) is 5.99. The van der Waals surface area contributed by atoms with Gasteiger partial charge >= 0.3 is 6.09 Å². The zero-order valence-corrected chi connectivity index (χ0v) is 25.9. The summed E-state index contributed by atoms with van der Waals surface area (Å²) in [7, 11) is 2.15. The Bertz CT molecular complexity index is 1230. The number of aromatic nitrogens is 4. The van der Waals surface area contributed by atoms with Gasteiger partial charge < -0.3 is 29.7 Å². The van der Waals surface area contributed by atoms with Crippen LogP contribution in [0.1, 0.15) is 58.0 Å². The first-order valence-corrected chi connectivity index (χ1v) is 15.4. The van der Waals surface area contributed by atoms with Gasteiger partial charge in [0.05, 0.1) is 5.92 Å². The SMILES string of the molecule is Cc1cc(Nc2cc(N3CCN(C)CC3)nc(CC3CCN(C(=O)C4CCCN(C(=O)OC(C)(C)C)C4)CC3)n2)n[nH]1. The second-order valence-electron chi connectivity index (χ2n) is 13.1. The van der Waals surface area contributed by atoms with Gasteiger partial charge in [-0.05, 0) is 66.3 Å². The molecule has 0 saturated carbocycles. The van der Waals surface area contributed by atoms with E-state index in [0.717, 1.165) is 100 Å². The highest BCUT2D eigenvalue weighted by atomic mass is 16.6. The molecular weight excluding hydrogens is 534 g/mol. The maximum absolute atomic E-state index is 13.4. The van der Waals surface area contributed by atoms with Gasteiger partial charge in [-0.25, -0.2) is 14.8 Å². The number of H-pyrrole nitrogens is 1. The normalized spacial score (nSPS) is 21.0.